The molecule has 8 heteroatoms. The predicted molar refractivity (Wildman–Crippen MR) is 125 cm³/mol. The molecule has 0 aliphatic carbocycles. The highest BCUT2D eigenvalue weighted by atomic mass is 32.2. The van der Waals surface area contributed by atoms with Crippen molar-refractivity contribution in [3.05, 3.63) is 90.4 Å². The van der Waals surface area contributed by atoms with Crippen molar-refractivity contribution in [2.45, 2.75) is 11.4 Å². The lowest BCUT2D eigenvalue weighted by Gasteiger charge is -2.10. The van der Waals surface area contributed by atoms with Gasteiger partial charge in [0.1, 0.15) is 11.4 Å². The maximum Gasteiger partial charge on any atom is 0.252 e. The average Bonchev–Trinajstić information content (AvgIpc) is 3.24. The summed E-state index contributed by atoms with van der Waals surface area (Å²) in [5, 5.41) is 5.76. The van der Waals surface area contributed by atoms with Crippen molar-refractivity contribution >= 4 is 34.9 Å². The van der Waals surface area contributed by atoms with E-state index < -0.39 is 0 Å². The van der Waals surface area contributed by atoms with Crippen LogP contribution in [0.2, 0.25) is 0 Å². The Morgan fingerprint density at radius 3 is 2.75 bits per heavy atom. The van der Waals surface area contributed by atoms with Crippen LogP contribution in [0.4, 0.5) is 5.69 Å². The first-order valence-corrected chi connectivity index (χ1v) is 11.0. The minimum atomic E-state index is -0.210. The highest BCUT2D eigenvalue weighted by Crippen LogP contribution is 2.23. The number of nitrogens with zero attached hydrogens (tertiary/aromatic N) is 2. The molecule has 0 fully saturated rings. The molecule has 4 rings (SSSR count). The number of amides is 2. The minimum Gasteiger partial charge on any atom is -0.497 e. The van der Waals surface area contributed by atoms with E-state index in [1.807, 2.05) is 59.3 Å². The van der Waals surface area contributed by atoms with Gasteiger partial charge in [0.15, 0.2) is 0 Å². The van der Waals surface area contributed by atoms with Gasteiger partial charge in [0.05, 0.1) is 30.7 Å². The number of pyridine rings is 1. The number of rotatable bonds is 8. The van der Waals surface area contributed by atoms with E-state index in [9.17, 15) is 9.59 Å². The number of anilines is 1. The number of fused-ring (bicyclic) bond motifs is 1. The molecule has 32 heavy (non-hydrogen) atoms. The number of carbonyl (C=O) groups excluding carboxylic acids is 2. The molecular weight excluding hydrogens is 424 g/mol. The van der Waals surface area contributed by atoms with E-state index in [2.05, 4.69) is 15.6 Å². The summed E-state index contributed by atoms with van der Waals surface area (Å²) < 4.78 is 7.08. The maximum atomic E-state index is 12.8. The van der Waals surface area contributed by atoms with Crippen LogP contribution in [-0.4, -0.2) is 34.1 Å². The Labute approximate surface area is 189 Å². The summed E-state index contributed by atoms with van der Waals surface area (Å²) in [5.41, 5.74) is 2.78. The highest BCUT2D eigenvalue weighted by molar-refractivity contribution is 8.00. The van der Waals surface area contributed by atoms with Crippen LogP contribution in [0.1, 0.15) is 16.1 Å². The Hall–Kier alpha value is -3.78. The van der Waals surface area contributed by atoms with E-state index >= 15 is 0 Å². The van der Waals surface area contributed by atoms with Crippen LogP contribution < -0.4 is 15.4 Å². The second kappa shape index (κ2) is 10.0. The predicted octanol–water partition coefficient (Wildman–Crippen LogP) is 4.00. The summed E-state index contributed by atoms with van der Waals surface area (Å²) in [4.78, 5) is 30.4. The van der Waals surface area contributed by atoms with E-state index in [0.29, 0.717) is 23.5 Å². The Balaban J connectivity index is 1.36. The quantitative estimate of drug-likeness (QED) is 0.400. The molecule has 0 unspecified atom stereocenters. The molecule has 162 valence electrons. The van der Waals surface area contributed by atoms with Crippen LogP contribution in [0.5, 0.6) is 5.75 Å². The highest BCUT2D eigenvalue weighted by Gasteiger charge is 2.13. The topological polar surface area (TPSA) is 84.7 Å². The number of aromatic nitrogens is 2. The van der Waals surface area contributed by atoms with E-state index in [1.165, 1.54) is 11.8 Å². The van der Waals surface area contributed by atoms with Crippen molar-refractivity contribution in [2.75, 3.05) is 18.2 Å². The van der Waals surface area contributed by atoms with Gasteiger partial charge in [-0.2, -0.15) is 0 Å². The molecule has 4 aromatic rings. The van der Waals surface area contributed by atoms with Crippen molar-refractivity contribution in [2.24, 2.45) is 0 Å². The summed E-state index contributed by atoms with van der Waals surface area (Å²) in [6, 6.07) is 20.2. The van der Waals surface area contributed by atoms with Crippen LogP contribution in [0.3, 0.4) is 0 Å². The van der Waals surface area contributed by atoms with Crippen molar-refractivity contribution in [1.82, 2.24) is 14.7 Å². The van der Waals surface area contributed by atoms with Gasteiger partial charge in [-0.25, -0.2) is 4.98 Å². The molecule has 2 N–H and O–H groups in total. The van der Waals surface area contributed by atoms with Gasteiger partial charge in [0.2, 0.25) is 5.91 Å². The van der Waals surface area contributed by atoms with Gasteiger partial charge in [-0.15, -0.1) is 11.8 Å². The molecule has 2 heterocycles. The van der Waals surface area contributed by atoms with Gasteiger partial charge in [0.25, 0.3) is 5.91 Å². The van der Waals surface area contributed by atoms with Crippen molar-refractivity contribution in [3.63, 3.8) is 0 Å². The molecule has 2 aromatic carbocycles. The van der Waals surface area contributed by atoms with Gasteiger partial charge in [0, 0.05) is 29.0 Å². The zero-order chi connectivity index (χ0) is 22.3. The molecule has 0 aliphatic rings. The number of benzene rings is 2. The zero-order valence-corrected chi connectivity index (χ0v) is 18.3. The normalized spacial score (nSPS) is 10.7. The van der Waals surface area contributed by atoms with Crippen LogP contribution in [-0.2, 0) is 11.3 Å². The number of methoxy groups -OCH3 is 1. The first kappa shape index (κ1) is 21.5. The fraction of sp³-hybridized carbons (Fsp3) is 0.125. The maximum absolute atomic E-state index is 12.8. The summed E-state index contributed by atoms with van der Waals surface area (Å²) in [6.45, 7) is 0.315. The molecule has 0 bridgehead atoms. The Morgan fingerprint density at radius 2 is 1.91 bits per heavy atom. The Morgan fingerprint density at radius 1 is 1.06 bits per heavy atom. The molecule has 7 nitrogen and oxygen atoms in total. The monoisotopic (exact) mass is 446 g/mol. The number of thioether (sulfide) groups is 1. The molecule has 0 atom stereocenters. The molecule has 2 aromatic heterocycles. The van der Waals surface area contributed by atoms with Gasteiger partial charge in [-0.1, -0.05) is 24.3 Å². The number of imidazole rings is 1. The summed E-state index contributed by atoms with van der Waals surface area (Å²) in [7, 11) is 1.58. The third kappa shape index (κ3) is 5.28. The number of hydrogen-bond donors (Lipinski definition) is 2. The lowest BCUT2D eigenvalue weighted by molar-refractivity contribution is -0.113. The van der Waals surface area contributed by atoms with Gasteiger partial charge >= 0.3 is 0 Å². The largest absolute Gasteiger partial charge is 0.497 e. The molecule has 0 spiro atoms. The van der Waals surface area contributed by atoms with Crippen LogP contribution in [0.15, 0.2) is 84.0 Å². The van der Waals surface area contributed by atoms with E-state index in [1.54, 1.807) is 31.4 Å². The molecule has 0 radical (unpaired) electrons. The zero-order valence-electron chi connectivity index (χ0n) is 17.4. The first-order chi connectivity index (χ1) is 15.6. The summed E-state index contributed by atoms with van der Waals surface area (Å²) >= 11 is 1.31. The SMILES string of the molecule is COc1cccc(NC(=O)CSc2ccccc2C(=O)NCc2cn3ccccc3n2)c1. The van der Waals surface area contributed by atoms with Crippen molar-refractivity contribution in [3.8, 4) is 5.75 Å². The first-order valence-electron chi connectivity index (χ1n) is 9.99. The number of carbonyl (C=O) groups is 2. The van der Waals surface area contributed by atoms with Crippen molar-refractivity contribution < 1.29 is 14.3 Å². The lowest BCUT2D eigenvalue weighted by Crippen LogP contribution is -2.23. The Kier molecular flexibility index (Phi) is 6.72. The molecule has 0 saturated carbocycles. The third-order valence-electron chi connectivity index (χ3n) is 4.69. The molecule has 2 amide bonds. The second-order valence-electron chi connectivity index (χ2n) is 6.95. The number of nitrogens with one attached hydrogen (secondary N) is 2. The fourth-order valence-electron chi connectivity index (χ4n) is 3.16. The lowest BCUT2D eigenvalue weighted by atomic mass is 10.2. The fourth-order valence-corrected chi connectivity index (χ4v) is 4.01. The van der Waals surface area contributed by atoms with Gasteiger partial charge < -0.3 is 19.8 Å². The second-order valence-corrected chi connectivity index (χ2v) is 7.96. The average molecular weight is 447 g/mol. The molecule has 0 saturated heterocycles. The third-order valence-corrected chi connectivity index (χ3v) is 5.76. The number of ether oxygens (including phenoxy) is 1. The van der Waals surface area contributed by atoms with Gasteiger partial charge in [-0.3, -0.25) is 9.59 Å². The van der Waals surface area contributed by atoms with E-state index in [0.717, 1.165) is 16.2 Å². The summed E-state index contributed by atoms with van der Waals surface area (Å²) in [6.07, 6.45) is 3.80. The van der Waals surface area contributed by atoms with Crippen LogP contribution in [0.25, 0.3) is 5.65 Å². The standard InChI is InChI=1S/C24H22N4O3S/c1-31-19-8-6-7-17(13-19)27-23(29)16-32-21-10-3-2-9-20(21)24(30)25-14-18-15-28-12-5-4-11-22(28)26-18/h2-13,15H,14,16H2,1H3,(H,25,30)(H,27,29). The van der Waals surface area contributed by atoms with E-state index in [-0.39, 0.29) is 17.6 Å². The van der Waals surface area contributed by atoms with E-state index in [4.69, 9.17) is 4.74 Å². The minimum absolute atomic E-state index is 0.164. The van der Waals surface area contributed by atoms with Gasteiger partial charge in [-0.05, 0) is 36.4 Å². The summed E-state index contributed by atoms with van der Waals surface area (Å²) in [5.74, 6) is 0.470. The van der Waals surface area contributed by atoms with Crippen LogP contribution >= 0.6 is 11.8 Å². The smallest absolute Gasteiger partial charge is 0.252 e. The number of hydrogen-bond acceptors (Lipinski definition) is 5. The van der Waals surface area contributed by atoms with Crippen LogP contribution in [0, 0.1) is 0 Å². The molecular formula is C24H22N4O3S. The Bertz CT molecular complexity index is 1220. The van der Waals surface area contributed by atoms with Crippen molar-refractivity contribution in [1.29, 1.82) is 0 Å². The molecule has 0 aliphatic heterocycles.